The van der Waals surface area contributed by atoms with E-state index in [2.05, 4.69) is 214 Å². The fourth-order valence-corrected chi connectivity index (χ4v) is 3.86. The van der Waals surface area contributed by atoms with E-state index in [1.165, 1.54) is 18.4 Å². The Morgan fingerprint density at radius 3 is 0.864 bits per heavy atom. The summed E-state index contributed by atoms with van der Waals surface area (Å²) in [5.74, 6) is 0.643. The third-order valence-corrected chi connectivity index (χ3v) is 6.02. The minimum atomic E-state index is -0.0156. The SMILES string of the molecule is CC(C)(C)OC(C)(C)C.CC(C)=CCOC(C)(C)C.CC(C)COC(C)(C)C.CC(C)OC(C)(C)C.CCCCOC(C)(C)C.CCCOC(C)(C)C.CCOC(C)(C)C.COC(C)(C)C. The largest absolute Gasteiger partial charge is 0.379 e. The van der Waals surface area contributed by atoms with Crippen LogP contribution in [0.15, 0.2) is 11.6 Å². The summed E-state index contributed by atoms with van der Waals surface area (Å²) >= 11 is 0. The predicted molar refractivity (Wildman–Crippen MR) is 297 cm³/mol. The summed E-state index contributed by atoms with van der Waals surface area (Å²) in [5.41, 5.74) is 1.52. The average Bonchev–Trinajstić information content (AvgIpc) is 2.99. The summed E-state index contributed by atoms with van der Waals surface area (Å²) in [4.78, 5) is 0. The van der Waals surface area contributed by atoms with E-state index in [9.17, 15) is 0 Å². The van der Waals surface area contributed by atoms with Crippen LogP contribution >= 0.6 is 0 Å². The quantitative estimate of drug-likeness (QED) is 0.150. The Morgan fingerprint density at radius 2 is 0.742 bits per heavy atom. The van der Waals surface area contributed by atoms with Crippen LogP contribution in [0.4, 0.5) is 0 Å². The van der Waals surface area contributed by atoms with Gasteiger partial charge in [0.1, 0.15) is 0 Å². The molecule has 0 amide bonds. The van der Waals surface area contributed by atoms with Gasteiger partial charge < -0.3 is 37.9 Å². The number of ether oxygens (including phenoxy) is 8. The summed E-state index contributed by atoms with van der Waals surface area (Å²) < 4.78 is 43.0. The van der Waals surface area contributed by atoms with Crippen molar-refractivity contribution in [3.8, 4) is 0 Å². The van der Waals surface area contributed by atoms with Crippen LogP contribution < -0.4 is 0 Å². The van der Waals surface area contributed by atoms with Gasteiger partial charge in [0, 0.05) is 33.5 Å². The lowest BCUT2D eigenvalue weighted by atomic mass is 10.1. The average molecular weight is 956 g/mol. The maximum absolute atomic E-state index is 5.62. The van der Waals surface area contributed by atoms with Crippen molar-refractivity contribution in [1.29, 1.82) is 0 Å². The molecule has 0 aromatic carbocycles. The van der Waals surface area contributed by atoms with Crippen LogP contribution in [0.1, 0.15) is 269 Å². The van der Waals surface area contributed by atoms with Gasteiger partial charge in [0.25, 0.3) is 0 Å². The van der Waals surface area contributed by atoms with Crippen molar-refractivity contribution in [2.75, 3.05) is 40.1 Å². The Hall–Kier alpha value is -0.580. The maximum atomic E-state index is 5.62. The van der Waals surface area contributed by atoms with Crippen LogP contribution in [-0.4, -0.2) is 96.7 Å². The maximum Gasteiger partial charge on any atom is 0.0657 e. The fourth-order valence-electron chi connectivity index (χ4n) is 3.86. The van der Waals surface area contributed by atoms with Gasteiger partial charge in [-0.2, -0.15) is 0 Å². The first-order chi connectivity index (χ1) is 28.7. The van der Waals surface area contributed by atoms with Crippen molar-refractivity contribution in [2.45, 2.75) is 325 Å². The molecule has 0 aliphatic rings. The molecule has 0 bridgehead atoms. The van der Waals surface area contributed by atoms with Crippen LogP contribution in [0.25, 0.3) is 0 Å². The van der Waals surface area contributed by atoms with E-state index in [0.717, 1.165) is 39.5 Å². The summed E-state index contributed by atoms with van der Waals surface area (Å²) in [6.07, 6.45) is 5.94. The molecule has 0 radical (unpaired) electrons. The van der Waals surface area contributed by atoms with Gasteiger partial charge in [-0.05, 0) is 240 Å². The van der Waals surface area contributed by atoms with Crippen LogP contribution in [0.3, 0.4) is 0 Å². The minimum Gasteiger partial charge on any atom is -0.379 e. The van der Waals surface area contributed by atoms with E-state index in [4.69, 9.17) is 37.9 Å². The smallest absolute Gasteiger partial charge is 0.0657 e. The Morgan fingerprint density at radius 1 is 0.409 bits per heavy atom. The van der Waals surface area contributed by atoms with E-state index >= 15 is 0 Å². The molecule has 410 valence electrons. The number of rotatable bonds is 11. The molecule has 8 nitrogen and oxygen atoms in total. The van der Waals surface area contributed by atoms with Crippen LogP contribution in [-0.2, 0) is 37.9 Å². The molecule has 0 spiro atoms. The van der Waals surface area contributed by atoms with Gasteiger partial charge in [-0.15, -0.1) is 0 Å². The molecule has 0 atom stereocenters. The van der Waals surface area contributed by atoms with E-state index in [0.29, 0.717) is 12.0 Å². The second-order valence-electron chi connectivity index (χ2n) is 26.3. The highest BCUT2D eigenvalue weighted by molar-refractivity contribution is 4.93. The molecule has 0 aliphatic heterocycles. The van der Waals surface area contributed by atoms with Crippen molar-refractivity contribution in [3.63, 3.8) is 0 Å². The second kappa shape index (κ2) is 41.1. The molecule has 0 saturated carbocycles. The van der Waals surface area contributed by atoms with Crippen molar-refractivity contribution in [2.24, 2.45) is 5.92 Å². The lowest BCUT2D eigenvalue weighted by Crippen LogP contribution is -2.31. The molecule has 0 aromatic rings. The predicted octanol–water partition coefficient (Wildman–Crippen LogP) is 18.1. The molecule has 0 rings (SSSR count). The second-order valence-corrected chi connectivity index (χ2v) is 26.3. The van der Waals surface area contributed by atoms with Gasteiger partial charge in [-0.3, -0.25) is 0 Å². The number of hydrogen-bond acceptors (Lipinski definition) is 8. The van der Waals surface area contributed by atoms with Gasteiger partial charge in [0.15, 0.2) is 0 Å². The fraction of sp³-hybridized carbons (Fsp3) is 0.966. The first kappa shape index (κ1) is 82.3. The van der Waals surface area contributed by atoms with Crippen molar-refractivity contribution in [3.05, 3.63) is 11.6 Å². The number of allylic oxidation sites excluding steroid dienone is 1. The number of hydrogen-bond donors (Lipinski definition) is 0. The first-order valence-electron chi connectivity index (χ1n) is 25.5. The lowest BCUT2D eigenvalue weighted by Gasteiger charge is -2.30. The standard InChI is InChI=1S/C9H18O.3C8H18O.2C7H16O.C6H14O.C5H12O/c1-8(2)6-7-10-9(3,4)5;1-7(2)6-9-8(3,4)5;1-7(2,3)9-8(4,5)6;1-5-6-7-9-8(2,3)4;1-6(2)8-7(3,4)5;1-5-6-8-7(2,3)4;1-5-7-6(2,3)4;1-5(2,3)6-4/h6H,7H2,1-5H3;7H,6H2,1-5H3;1-6H3;5-7H2,1-4H3;6H,1-5H3;5-6H2,1-4H3;5H2,1-4H3;1-4H3. The topological polar surface area (TPSA) is 73.8 Å². The lowest BCUT2D eigenvalue weighted by molar-refractivity contribution is -0.102. The highest BCUT2D eigenvalue weighted by Gasteiger charge is 2.20. The van der Waals surface area contributed by atoms with Crippen LogP contribution in [0.5, 0.6) is 0 Å². The van der Waals surface area contributed by atoms with Crippen molar-refractivity contribution in [1.82, 2.24) is 0 Å². The molecule has 8 heteroatoms. The Bertz CT molecular complexity index is 997. The number of unbranched alkanes of at least 4 members (excludes halogenated alkanes) is 1. The molecular formula is C58H130O8. The molecule has 66 heavy (non-hydrogen) atoms. The van der Waals surface area contributed by atoms with Crippen molar-refractivity contribution >= 4 is 0 Å². The molecule has 0 aromatic heterocycles. The van der Waals surface area contributed by atoms with Gasteiger partial charge in [-0.1, -0.05) is 45.8 Å². The summed E-state index contributed by atoms with van der Waals surface area (Å²) in [6.45, 7) is 78.7. The van der Waals surface area contributed by atoms with E-state index in [1.54, 1.807) is 7.11 Å². The van der Waals surface area contributed by atoms with Gasteiger partial charge in [0.05, 0.1) is 63.1 Å². The highest BCUT2D eigenvalue weighted by atomic mass is 16.5. The van der Waals surface area contributed by atoms with E-state index in [-0.39, 0.29) is 50.4 Å². The van der Waals surface area contributed by atoms with E-state index in [1.807, 2.05) is 41.5 Å². The molecular weight excluding hydrogens is 825 g/mol. The summed E-state index contributed by atoms with van der Waals surface area (Å²) in [7, 11) is 1.71. The van der Waals surface area contributed by atoms with Gasteiger partial charge in [-0.25, -0.2) is 0 Å². The minimum absolute atomic E-state index is 0.00799. The molecule has 0 fully saturated rings. The summed E-state index contributed by atoms with van der Waals surface area (Å²) in [6, 6.07) is 0. The molecule has 0 unspecified atom stereocenters. The van der Waals surface area contributed by atoms with Gasteiger partial charge >= 0.3 is 0 Å². The third kappa shape index (κ3) is 144. The highest BCUT2D eigenvalue weighted by Crippen LogP contribution is 2.18. The molecule has 0 saturated heterocycles. The molecule has 0 N–H and O–H groups in total. The van der Waals surface area contributed by atoms with Gasteiger partial charge in [0.2, 0.25) is 0 Å². The zero-order chi connectivity index (χ0) is 55.3. The van der Waals surface area contributed by atoms with Crippen LogP contribution in [0, 0.1) is 5.92 Å². The zero-order valence-corrected chi connectivity index (χ0v) is 52.7. The Kier molecular flexibility index (Phi) is 51.3. The Labute approximate surface area is 419 Å². The normalized spacial score (nSPS) is 12.3. The zero-order valence-electron chi connectivity index (χ0n) is 52.7. The van der Waals surface area contributed by atoms with Crippen molar-refractivity contribution < 1.29 is 37.9 Å². The Balaban J connectivity index is -0.0000000975. The first-order valence-corrected chi connectivity index (χ1v) is 25.5. The monoisotopic (exact) mass is 955 g/mol. The third-order valence-electron chi connectivity index (χ3n) is 6.02. The summed E-state index contributed by atoms with van der Waals surface area (Å²) in [5, 5.41) is 0. The molecule has 0 aliphatic carbocycles. The molecule has 0 heterocycles. The van der Waals surface area contributed by atoms with Crippen LogP contribution in [0.2, 0.25) is 0 Å². The number of methoxy groups -OCH3 is 1. The van der Waals surface area contributed by atoms with E-state index < -0.39 is 0 Å².